The normalized spacial score (nSPS) is 25.1. The summed E-state index contributed by atoms with van der Waals surface area (Å²) in [6.45, 7) is 7.32. The van der Waals surface area contributed by atoms with Gasteiger partial charge in [0.05, 0.1) is 5.92 Å². The van der Waals surface area contributed by atoms with Crippen molar-refractivity contribution in [3.8, 4) is 0 Å². The van der Waals surface area contributed by atoms with Gasteiger partial charge >= 0.3 is 0 Å². The summed E-state index contributed by atoms with van der Waals surface area (Å²) in [5, 5.41) is 0. The van der Waals surface area contributed by atoms with Gasteiger partial charge in [-0.3, -0.25) is 14.5 Å². The number of nitrogens with one attached hydrogen (secondary N) is 1. The second kappa shape index (κ2) is 8.00. The lowest BCUT2D eigenvalue weighted by Gasteiger charge is -2.42. The maximum absolute atomic E-state index is 12.8. The molecular formula is C20H31N5O2. The molecule has 7 heteroatoms. The first kappa shape index (κ1) is 18.5. The van der Waals surface area contributed by atoms with Crippen LogP contribution in [0.15, 0.2) is 6.20 Å². The lowest BCUT2D eigenvalue weighted by Crippen LogP contribution is -2.51. The highest BCUT2D eigenvalue weighted by molar-refractivity contribution is 5.90. The van der Waals surface area contributed by atoms with Crippen LogP contribution in [-0.4, -0.2) is 81.8 Å². The smallest absolute Gasteiger partial charge is 0.289 e. The molecule has 7 nitrogen and oxygen atoms in total. The number of piperidine rings is 2. The molecule has 0 radical (unpaired) electrons. The van der Waals surface area contributed by atoms with Crippen LogP contribution >= 0.6 is 0 Å². The van der Waals surface area contributed by atoms with E-state index in [1.165, 1.54) is 0 Å². The molecule has 1 atom stereocenters. The summed E-state index contributed by atoms with van der Waals surface area (Å²) in [4.78, 5) is 39.0. The number of likely N-dealkylation sites (tertiary alicyclic amines) is 3. The van der Waals surface area contributed by atoms with Crippen molar-refractivity contribution in [1.29, 1.82) is 0 Å². The summed E-state index contributed by atoms with van der Waals surface area (Å²) < 4.78 is 0. The number of aromatic nitrogens is 2. The molecule has 1 aromatic rings. The molecule has 1 N–H and O–H groups in total. The summed E-state index contributed by atoms with van der Waals surface area (Å²) in [5.41, 5.74) is 0.912. The van der Waals surface area contributed by atoms with Crippen LogP contribution in [0.5, 0.6) is 0 Å². The van der Waals surface area contributed by atoms with Crippen LogP contribution in [0, 0.1) is 12.8 Å². The second-order valence-electron chi connectivity index (χ2n) is 8.30. The van der Waals surface area contributed by atoms with Gasteiger partial charge in [-0.25, -0.2) is 4.98 Å². The zero-order chi connectivity index (χ0) is 18.8. The Kier molecular flexibility index (Phi) is 5.48. The van der Waals surface area contributed by atoms with Crippen LogP contribution in [0.3, 0.4) is 0 Å². The molecule has 27 heavy (non-hydrogen) atoms. The Hall–Kier alpha value is -1.89. The number of carbonyl (C=O) groups is 2. The van der Waals surface area contributed by atoms with Crippen LogP contribution in [-0.2, 0) is 4.79 Å². The summed E-state index contributed by atoms with van der Waals surface area (Å²) in [6.07, 6.45) is 8.11. The highest BCUT2D eigenvalue weighted by atomic mass is 16.2. The van der Waals surface area contributed by atoms with Gasteiger partial charge in [0.1, 0.15) is 0 Å². The van der Waals surface area contributed by atoms with E-state index < -0.39 is 0 Å². The summed E-state index contributed by atoms with van der Waals surface area (Å²) in [6, 6.07) is 0.488. The van der Waals surface area contributed by atoms with Crippen molar-refractivity contribution >= 4 is 11.8 Å². The number of hydrogen-bond donors (Lipinski definition) is 1. The van der Waals surface area contributed by atoms with E-state index in [2.05, 4.69) is 19.8 Å². The molecule has 0 aromatic carbocycles. The van der Waals surface area contributed by atoms with Crippen molar-refractivity contribution in [3.05, 3.63) is 17.7 Å². The van der Waals surface area contributed by atoms with Gasteiger partial charge in [0.15, 0.2) is 5.82 Å². The van der Waals surface area contributed by atoms with Crippen molar-refractivity contribution in [2.45, 2.75) is 51.5 Å². The van der Waals surface area contributed by atoms with Gasteiger partial charge in [-0.2, -0.15) is 0 Å². The fourth-order valence-electron chi connectivity index (χ4n) is 4.84. The molecule has 3 aliphatic rings. The number of aromatic amines is 1. The number of rotatable bonds is 3. The zero-order valence-electron chi connectivity index (χ0n) is 16.3. The van der Waals surface area contributed by atoms with Crippen LogP contribution in [0.1, 0.15) is 54.8 Å². The number of hydrogen-bond acceptors (Lipinski definition) is 4. The topological polar surface area (TPSA) is 72.5 Å². The van der Waals surface area contributed by atoms with Crippen molar-refractivity contribution in [2.24, 2.45) is 5.92 Å². The number of carbonyl (C=O) groups excluding carboxylic acids is 2. The standard InChI is InChI=1S/C20H31N5O2/c1-15-13-21-18(22-15)20(27)24-11-6-17(7-12-24)25-10-4-5-16(14-25)19(26)23-8-2-3-9-23/h13,16-17H,2-12,14H2,1H3,(H,21,22). The molecule has 148 valence electrons. The molecule has 1 aromatic heterocycles. The van der Waals surface area contributed by atoms with Gasteiger partial charge in [0.25, 0.3) is 5.91 Å². The Bertz CT molecular complexity index is 674. The number of nitrogens with zero attached hydrogens (tertiary/aromatic N) is 4. The van der Waals surface area contributed by atoms with E-state index in [0.717, 1.165) is 83.5 Å². The predicted octanol–water partition coefficient (Wildman–Crippen LogP) is 1.66. The van der Waals surface area contributed by atoms with Crippen molar-refractivity contribution in [2.75, 3.05) is 39.3 Å². The molecule has 1 unspecified atom stereocenters. The highest BCUT2D eigenvalue weighted by Gasteiger charge is 2.35. The van der Waals surface area contributed by atoms with Crippen molar-refractivity contribution in [1.82, 2.24) is 24.7 Å². The number of amides is 2. The Morgan fingerprint density at radius 1 is 1.00 bits per heavy atom. The van der Waals surface area contributed by atoms with E-state index in [0.29, 0.717) is 17.8 Å². The lowest BCUT2D eigenvalue weighted by atomic mass is 9.93. The van der Waals surface area contributed by atoms with E-state index in [4.69, 9.17) is 0 Å². The molecule has 3 saturated heterocycles. The van der Waals surface area contributed by atoms with Gasteiger partial charge in [-0.1, -0.05) is 0 Å². The summed E-state index contributed by atoms with van der Waals surface area (Å²) in [5.74, 6) is 0.989. The van der Waals surface area contributed by atoms with Gasteiger partial charge in [0, 0.05) is 50.7 Å². The largest absolute Gasteiger partial charge is 0.342 e. The number of imidazole rings is 1. The minimum atomic E-state index is 0.00211. The minimum Gasteiger partial charge on any atom is -0.342 e. The molecule has 2 amide bonds. The molecule has 0 spiro atoms. The molecule has 0 bridgehead atoms. The van der Waals surface area contributed by atoms with Crippen LogP contribution < -0.4 is 0 Å². The number of aryl methyl sites for hydroxylation is 1. The van der Waals surface area contributed by atoms with E-state index in [1.54, 1.807) is 6.20 Å². The fraction of sp³-hybridized carbons (Fsp3) is 0.750. The van der Waals surface area contributed by atoms with Crippen LogP contribution in [0.2, 0.25) is 0 Å². The maximum Gasteiger partial charge on any atom is 0.289 e. The first-order valence-corrected chi connectivity index (χ1v) is 10.5. The third-order valence-electron chi connectivity index (χ3n) is 6.39. The predicted molar refractivity (Wildman–Crippen MR) is 102 cm³/mol. The molecule has 4 rings (SSSR count). The van der Waals surface area contributed by atoms with E-state index in [-0.39, 0.29) is 11.8 Å². The first-order chi connectivity index (χ1) is 13.1. The molecule has 3 aliphatic heterocycles. The van der Waals surface area contributed by atoms with E-state index in [1.807, 2.05) is 11.8 Å². The van der Waals surface area contributed by atoms with Crippen LogP contribution in [0.25, 0.3) is 0 Å². The Morgan fingerprint density at radius 2 is 1.74 bits per heavy atom. The monoisotopic (exact) mass is 373 g/mol. The summed E-state index contributed by atoms with van der Waals surface area (Å²) in [7, 11) is 0. The average Bonchev–Trinajstić information content (AvgIpc) is 3.39. The van der Waals surface area contributed by atoms with Crippen LogP contribution in [0.4, 0.5) is 0 Å². The van der Waals surface area contributed by atoms with Gasteiger partial charge < -0.3 is 14.8 Å². The van der Waals surface area contributed by atoms with Gasteiger partial charge in [0.2, 0.25) is 5.91 Å². The molecule has 3 fully saturated rings. The third-order valence-corrected chi connectivity index (χ3v) is 6.39. The SMILES string of the molecule is Cc1cnc(C(=O)N2CCC(N3CCCC(C(=O)N4CCCC4)C3)CC2)[nH]1. The Morgan fingerprint density at radius 3 is 2.41 bits per heavy atom. The quantitative estimate of drug-likeness (QED) is 0.875. The maximum atomic E-state index is 12.8. The highest BCUT2D eigenvalue weighted by Crippen LogP contribution is 2.26. The number of H-pyrrole nitrogens is 1. The molecular weight excluding hydrogens is 342 g/mol. The molecule has 0 saturated carbocycles. The van der Waals surface area contributed by atoms with E-state index in [9.17, 15) is 9.59 Å². The van der Waals surface area contributed by atoms with Gasteiger partial charge in [-0.05, 0) is 52.0 Å². The lowest BCUT2D eigenvalue weighted by molar-refractivity contribution is -0.136. The second-order valence-corrected chi connectivity index (χ2v) is 8.30. The van der Waals surface area contributed by atoms with E-state index >= 15 is 0 Å². The average molecular weight is 374 g/mol. The first-order valence-electron chi connectivity index (χ1n) is 10.5. The fourth-order valence-corrected chi connectivity index (χ4v) is 4.84. The Labute approximate surface area is 161 Å². The van der Waals surface area contributed by atoms with Crippen molar-refractivity contribution < 1.29 is 9.59 Å². The molecule has 0 aliphatic carbocycles. The third kappa shape index (κ3) is 4.03. The minimum absolute atomic E-state index is 0.00211. The van der Waals surface area contributed by atoms with Gasteiger partial charge in [-0.15, -0.1) is 0 Å². The Balaban J connectivity index is 1.30. The molecule has 4 heterocycles. The summed E-state index contributed by atoms with van der Waals surface area (Å²) >= 11 is 0. The van der Waals surface area contributed by atoms with Crippen molar-refractivity contribution in [3.63, 3.8) is 0 Å². The zero-order valence-corrected chi connectivity index (χ0v) is 16.3.